The lowest BCUT2D eigenvalue weighted by Crippen LogP contribution is -2.41. The van der Waals surface area contributed by atoms with Crippen molar-refractivity contribution in [3.8, 4) is 0 Å². The second-order valence-electron chi connectivity index (χ2n) is 4.98. The van der Waals surface area contributed by atoms with Crippen LogP contribution in [0.4, 0.5) is 0 Å². The van der Waals surface area contributed by atoms with Crippen molar-refractivity contribution in [2.45, 2.75) is 19.4 Å². The van der Waals surface area contributed by atoms with Gasteiger partial charge in [0.2, 0.25) is 0 Å². The van der Waals surface area contributed by atoms with Gasteiger partial charge in [-0.15, -0.1) is 0 Å². The van der Waals surface area contributed by atoms with Crippen LogP contribution in [0.3, 0.4) is 0 Å². The highest BCUT2D eigenvalue weighted by atomic mass is 35.5. The maximum absolute atomic E-state index is 6.30. The summed E-state index contributed by atoms with van der Waals surface area (Å²) in [4.78, 5) is 2.49. The zero-order chi connectivity index (χ0) is 12.5. The van der Waals surface area contributed by atoms with Gasteiger partial charge in [-0.1, -0.05) is 36.7 Å². The molecule has 2 atom stereocenters. The molecule has 2 aliphatic rings. The van der Waals surface area contributed by atoms with Crippen LogP contribution in [0.2, 0.25) is 5.02 Å². The molecule has 1 fully saturated rings. The first-order chi connectivity index (χ1) is 8.79. The number of hydrazone groups is 1. The number of nitrogens with one attached hydrogen (secondary N) is 1. The van der Waals surface area contributed by atoms with Gasteiger partial charge in [0.05, 0.1) is 6.04 Å². The summed E-state index contributed by atoms with van der Waals surface area (Å²) in [6.07, 6.45) is 1.08. The van der Waals surface area contributed by atoms with Crippen LogP contribution in [0.1, 0.15) is 24.9 Å². The number of benzene rings is 1. The smallest absolute Gasteiger partial charge is 0.0797 e. The number of halogens is 1. The molecular weight excluding hydrogens is 246 g/mol. The van der Waals surface area contributed by atoms with Gasteiger partial charge in [-0.3, -0.25) is 0 Å². The Kier molecular flexibility index (Phi) is 3.27. The number of likely N-dealkylation sites (tertiary alicyclic amines) is 1. The van der Waals surface area contributed by atoms with Crippen LogP contribution in [0.5, 0.6) is 0 Å². The van der Waals surface area contributed by atoms with Crippen molar-refractivity contribution in [2.24, 2.45) is 11.0 Å². The molecule has 1 aromatic carbocycles. The van der Waals surface area contributed by atoms with Gasteiger partial charge in [0.15, 0.2) is 0 Å². The van der Waals surface area contributed by atoms with Crippen molar-refractivity contribution < 1.29 is 0 Å². The predicted octanol–water partition coefficient (Wildman–Crippen LogP) is 2.68. The largest absolute Gasteiger partial charge is 0.302 e. The van der Waals surface area contributed by atoms with E-state index in [1.165, 1.54) is 11.3 Å². The maximum Gasteiger partial charge on any atom is 0.0797 e. The van der Waals surface area contributed by atoms with Gasteiger partial charge in [-0.2, -0.15) is 5.10 Å². The van der Waals surface area contributed by atoms with Crippen molar-refractivity contribution in [1.29, 1.82) is 0 Å². The maximum atomic E-state index is 6.30. The van der Waals surface area contributed by atoms with Crippen LogP contribution in [-0.4, -0.2) is 30.2 Å². The van der Waals surface area contributed by atoms with E-state index < -0.39 is 0 Å². The van der Waals surface area contributed by atoms with Gasteiger partial charge >= 0.3 is 0 Å². The van der Waals surface area contributed by atoms with Crippen LogP contribution in [0.25, 0.3) is 0 Å². The summed E-state index contributed by atoms with van der Waals surface area (Å²) in [5, 5.41) is 5.34. The van der Waals surface area contributed by atoms with E-state index in [9.17, 15) is 0 Å². The molecule has 3 rings (SSSR count). The Morgan fingerprint density at radius 1 is 1.44 bits per heavy atom. The highest BCUT2D eigenvalue weighted by Gasteiger charge is 2.37. The summed E-state index contributed by atoms with van der Waals surface area (Å²) in [7, 11) is 0. The van der Waals surface area contributed by atoms with Crippen molar-refractivity contribution in [3.05, 3.63) is 34.9 Å². The SMILES string of the molecule is CCN1CCC2=NNC(c3ccccc3Cl)C2C1. The van der Waals surface area contributed by atoms with Crippen molar-refractivity contribution in [2.75, 3.05) is 19.6 Å². The molecule has 1 aromatic rings. The molecule has 0 bridgehead atoms. The summed E-state index contributed by atoms with van der Waals surface area (Å²) in [6.45, 7) is 5.54. The summed E-state index contributed by atoms with van der Waals surface area (Å²) in [6, 6.07) is 8.31. The molecule has 0 saturated carbocycles. The standard InChI is InChI=1S/C14H18ClN3/c1-2-18-8-7-13-11(9-18)14(17-16-13)10-5-3-4-6-12(10)15/h3-6,11,14,17H,2,7-9H2,1H3. The molecule has 2 heterocycles. The fourth-order valence-electron chi connectivity index (χ4n) is 2.91. The molecule has 1 saturated heterocycles. The van der Waals surface area contributed by atoms with Crippen molar-refractivity contribution in [1.82, 2.24) is 10.3 Å². The van der Waals surface area contributed by atoms with Crippen LogP contribution >= 0.6 is 11.6 Å². The topological polar surface area (TPSA) is 27.6 Å². The minimum absolute atomic E-state index is 0.239. The third-order valence-electron chi connectivity index (χ3n) is 4.00. The minimum atomic E-state index is 0.239. The fourth-order valence-corrected chi connectivity index (χ4v) is 3.17. The van der Waals surface area contributed by atoms with E-state index in [0.717, 1.165) is 31.1 Å². The molecule has 1 N–H and O–H groups in total. The Bertz CT molecular complexity index is 472. The Morgan fingerprint density at radius 2 is 2.28 bits per heavy atom. The Balaban J connectivity index is 1.85. The molecular formula is C14H18ClN3. The van der Waals surface area contributed by atoms with Crippen LogP contribution in [0, 0.1) is 5.92 Å². The minimum Gasteiger partial charge on any atom is -0.302 e. The molecule has 0 aromatic heterocycles. The summed E-state index contributed by atoms with van der Waals surface area (Å²) in [5.74, 6) is 0.471. The molecule has 2 aliphatic heterocycles. The lowest BCUT2D eigenvalue weighted by atomic mass is 9.86. The van der Waals surface area contributed by atoms with Gasteiger partial charge in [-0.05, 0) is 18.2 Å². The van der Waals surface area contributed by atoms with E-state index in [0.29, 0.717) is 5.92 Å². The number of hydrogen-bond donors (Lipinski definition) is 1. The Morgan fingerprint density at radius 3 is 3.06 bits per heavy atom. The van der Waals surface area contributed by atoms with Crippen LogP contribution in [-0.2, 0) is 0 Å². The zero-order valence-corrected chi connectivity index (χ0v) is 11.3. The van der Waals surface area contributed by atoms with Crippen molar-refractivity contribution >= 4 is 17.3 Å². The zero-order valence-electron chi connectivity index (χ0n) is 10.6. The molecule has 3 nitrogen and oxygen atoms in total. The lowest BCUT2D eigenvalue weighted by molar-refractivity contribution is 0.238. The summed E-state index contributed by atoms with van der Waals surface area (Å²) >= 11 is 6.30. The monoisotopic (exact) mass is 263 g/mol. The third kappa shape index (κ3) is 2.02. The number of piperidine rings is 1. The van der Waals surface area contributed by atoms with Gasteiger partial charge in [0, 0.05) is 36.2 Å². The molecule has 18 heavy (non-hydrogen) atoms. The predicted molar refractivity (Wildman–Crippen MR) is 75.0 cm³/mol. The van der Waals surface area contributed by atoms with Crippen LogP contribution < -0.4 is 5.43 Å². The van der Waals surface area contributed by atoms with E-state index in [4.69, 9.17) is 11.6 Å². The number of hydrogen-bond acceptors (Lipinski definition) is 3. The van der Waals surface area contributed by atoms with E-state index in [-0.39, 0.29) is 6.04 Å². The normalized spacial score (nSPS) is 27.6. The molecule has 4 heteroatoms. The first kappa shape index (κ1) is 12.0. The van der Waals surface area contributed by atoms with E-state index in [1.54, 1.807) is 0 Å². The first-order valence-electron chi connectivity index (χ1n) is 6.58. The second kappa shape index (κ2) is 4.90. The van der Waals surface area contributed by atoms with Crippen molar-refractivity contribution in [3.63, 3.8) is 0 Å². The lowest BCUT2D eigenvalue weighted by Gasteiger charge is -2.33. The Labute approximate surface area is 113 Å². The van der Waals surface area contributed by atoms with Gasteiger partial charge < -0.3 is 10.3 Å². The first-order valence-corrected chi connectivity index (χ1v) is 6.96. The summed E-state index contributed by atoms with van der Waals surface area (Å²) < 4.78 is 0. The average Bonchev–Trinajstić information content (AvgIpc) is 2.82. The molecule has 0 spiro atoms. The number of fused-ring (bicyclic) bond motifs is 1. The Hall–Kier alpha value is -1.06. The van der Waals surface area contributed by atoms with E-state index in [1.807, 2.05) is 18.2 Å². The quantitative estimate of drug-likeness (QED) is 0.888. The van der Waals surface area contributed by atoms with Gasteiger partial charge in [-0.25, -0.2) is 0 Å². The molecule has 0 aliphatic carbocycles. The average molecular weight is 264 g/mol. The molecule has 0 amide bonds. The number of rotatable bonds is 2. The van der Waals surface area contributed by atoms with Gasteiger partial charge in [0.25, 0.3) is 0 Å². The molecule has 2 unspecified atom stereocenters. The second-order valence-corrected chi connectivity index (χ2v) is 5.39. The highest BCUT2D eigenvalue weighted by Crippen LogP contribution is 2.35. The molecule has 0 radical (unpaired) electrons. The highest BCUT2D eigenvalue weighted by molar-refractivity contribution is 6.31. The van der Waals surface area contributed by atoms with Crippen LogP contribution in [0.15, 0.2) is 29.4 Å². The van der Waals surface area contributed by atoms with Gasteiger partial charge in [0.1, 0.15) is 0 Å². The number of nitrogens with zero attached hydrogens (tertiary/aromatic N) is 2. The molecule has 96 valence electrons. The third-order valence-corrected chi connectivity index (χ3v) is 4.35. The van der Waals surface area contributed by atoms with E-state index >= 15 is 0 Å². The summed E-state index contributed by atoms with van der Waals surface area (Å²) in [5.41, 5.74) is 5.75. The fraction of sp³-hybridized carbons (Fsp3) is 0.500. The van der Waals surface area contributed by atoms with E-state index in [2.05, 4.69) is 28.4 Å².